The Morgan fingerprint density at radius 2 is 1.63 bits per heavy atom. The summed E-state index contributed by atoms with van der Waals surface area (Å²) in [6, 6.07) is 6.19. The van der Waals surface area contributed by atoms with E-state index in [0.717, 1.165) is 40.1 Å². The summed E-state index contributed by atoms with van der Waals surface area (Å²) in [5.74, 6) is -0.567. The van der Waals surface area contributed by atoms with Crippen LogP contribution in [0.2, 0.25) is 36.3 Å². The van der Waals surface area contributed by atoms with Gasteiger partial charge in [-0.2, -0.15) is 0 Å². The molecule has 0 fully saturated rings. The SMILES string of the molecule is C=CC[C@H]1C(=O)C(C)(C)[C@@H](O[Si](C)(C)C(C)(C)C)CC(=O)O[C@H](c2ccc3sc(C)nc3c2)CC=C(C)CCC[C@H](C)[C@@H]1O[Si](C)(C)C(C)(C)C. The van der Waals surface area contributed by atoms with Crippen LogP contribution in [0.4, 0.5) is 0 Å². The first-order valence-corrected chi connectivity index (χ1v) is 25.7. The van der Waals surface area contributed by atoms with E-state index >= 15 is 4.79 Å². The van der Waals surface area contributed by atoms with E-state index in [1.807, 2.05) is 26.8 Å². The van der Waals surface area contributed by atoms with Crippen LogP contribution in [-0.4, -0.2) is 45.6 Å². The predicted octanol–water partition coefficient (Wildman–Crippen LogP) is 12.3. The molecule has 3 rings (SSSR count). The van der Waals surface area contributed by atoms with E-state index in [4.69, 9.17) is 18.6 Å². The Hall–Kier alpha value is -1.92. The summed E-state index contributed by atoms with van der Waals surface area (Å²) in [5.41, 5.74) is 2.11. The van der Waals surface area contributed by atoms with Crippen LogP contribution in [0.1, 0.15) is 124 Å². The maximum Gasteiger partial charge on any atom is 0.309 e. The molecule has 1 aliphatic heterocycles. The van der Waals surface area contributed by atoms with Crippen LogP contribution in [0.15, 0.2) is 42.5 Å². The number of esters is 1. The number of carbonyl (C=O) groups excluding carboxylic acids is 2. The van der Waals surface area contributed by atoms with E-state index < -0.39 is 40.2 Å². The summed E-state index contributed by atoms with van der Waals surface area (Å²) in [6.07, 6.45) is 6.55. The highest BCUT2D eigenvalue weighted by molar-refractivity contribution is 7.18. The monoisotopic (exact) mass is 755 g/mol. The predicted molar refractivity (Wildman–Crippen MR) is 220 cm³/mol. The molecule has 0 saturated heterocycles. The van der Waals surface area contributed by atoms with Crippen molar-refractivity contribution in [3.8, 4) is 0 Å². The maximum absolute atomic E-state index is 15.2. The van der Waals surface area contributed by atoms with Crippen molar-refractivity contribution in [3.63, 3.8) is 0 Å². The lowest BCUT2D eigenvalue weighted by atomic mass is 9.71. The first kappa shape index (κ1) is 43.5. The lowest BCUT2D eigenvalue weighted by molar-refractivity contribution is -0.155. The highest BCUT2D eigenvalue weighted by atomic mass is 32.1. The van der Waals surface area contributed by atoms with Gasteiger partial charge in [0.1, 0.15) is 11.9 Å². The fourth-order valence-electron chi connectivity index (χ4n) is 6.44. The zero-order chi connectivity index (χ0) is 38.7. The summed E-state index contributed by atoms with van der Waals surface area (Å²) in [6.45, 7) is 36.7. The third-order valence-corrected chi connectivity index (χ3v) is 22.0. The second kappa shape index (κ2) is 16.6. The summed E-state index contributed by atoms with van der Waals surface area (Å²) in [5, 5.41) is 0.863. The van der Waals surface area contributed by atoms with Gasteiger partial charge in [0.25, 0.3) is 0 Å². The van der Waals surface area contributed by atoms with Crippen molar-refractivity contribution in [3.05, 3.63) is 53.1 Å². The Morgan fingerprint density at radius 3 is 2.22 bits per heavy atom. The number of ether oxygens (including phenoxy) is 1. The smallest absolute Gasteiger partial charge is 0.309 e. The number of ketones is 1. The number of hydrogen-bond acceptors (Lipinski definition) is 7. The number of nitrogens with zero attached hydrogens (tertiary/aromatic N) is 1. The Bertz CT molecular complexity index is 1560. The number of rotatable bonds is 7. The molecule has 0 amide bonds. The van der Waals surface area contributed by atoms with Crippen LogP contribution in [-0.2, 0) is 23.2 Å². The summed E-state index contributed by atoms with van der Waals surface area (Å²) in [4.78, 5) is 34.1. The quantitative estimate of drug-likeness (QED) is 0.159. The van der Waals surface area contributed by atoms with E-state index in [9.17, 15) is 4.79 Å². The van der Waals surface area contributed by atoms with Gasteiger partial charge in [0, 0.05) is 17.8 Å². The van der Waals surface area contributed by atoms with Crippen molar-refractivity contribution in [1.29, 1.82) is 0 Å². The number of fused-ring (bicyclic) bond motifs is 1. The Kier molecular flexibility index (Phi) is 14.2. The zero-order valence-electron chi connectivity index (χ0n) is 34.6. The summed E-state index contributed by atoms with van der Waals surface area (Å²) in [7, 11) is -4.70. The van der Waals surface area contributed by atoms with Gasteiger partial charge in [-0.1, -0.05) is 86.1 Å². The van der Waals surface area contributed by atoms with Crippen molar-refractivity contribution >= 4 is 49.9 Å². The molecule has 2 aromatic rings. The third-order valence-electron chi connectivity index (χ3n) is 12.1. The van der Waals surface area contributed by atoms with Crippen LogP contribution >= 0.6 is 11.3 Å². The number of hydrogen-bond donors (Lipinski definition) is 0. The van der Waals surface area contributed by atoms with Gasteiger partial charge < -0.3 is 13.6 Å². The van der Waals surface area contributed by atoms with E-state index in [0.29, 0.717) is 12.8 Å². The fraction of sp³-hybridized carbons (Fsp3) is 0.690. The van der Waals surface area contributed by atoms with Gasteiger partial charge in [-0.05, 0) is 99.4 Å². The molecular formula is C42H69NO5SSi2. The number of Topliss-reactive ketones (excluding diaryl/α,β-unsaturated/α-hetero) is 1. The van der Waals surface area contributed by atoms with Gasteiger partial charge in [-0.25, -0.2) is 4.98 Å². The highest BCUT2D eigenvalue weighted by Crippen LogP contribution is 2.45. The Balaban J connectivity index is 2.18. The molecule has 0 radical (unpaired) electrons. The molecule has 1 aliphatic rings. The largest absolute Gasteiger partial charge is 0.457 e. The van der Waals surface area contributed by atoms with Gasteiger partial charge in [0.05, 0.1) is 33.9 Å². The molecule has 6 nitrogen and oxygen atoms in total. The molecule has 0 saturated carbocycles. The maximum atomic E-state index is 15.2. The second-order valence-corrected chi connectivity index (χ2v) is 29.5. The summed E-state index contributed by atoms with van der Waals surface area (Å²) >= 11 is 1.66. The van der Waals surface area contributed by atoms with Crippen molar-refractivity contribution < 1.29 is 23.2 Å². The van der Waals surface area contributed by atoms with E-state index in [2.05, 4.69) is 112 Å². The first-order valence-electron chi connectivity index (χ1n) is 19.0. The fourth-order valence-corrected chi connectivity index (χ4v) is 10.1. The average molecular weight is 756 g/mol. The number of cyclic esters (lactones) is 1. The standard InChI is InChI=1S/C42H69NO5SSi2/c1-17-19-32-38(48-51(15,16)41(8,9)10)29(3)21-18-20-28(2)22-24-34(31-23-25-35-33(26-31)43-30(4)49-35)46-37(44)27-36(42(11,12)39(32)45)47-50(13,14)40(5,6)7/h17,22-23,25-26,29,32,34,36,38H,1,18-21,24,27H2,2-16H3/t29-,32+,34-,36-,38-/m0/s1. The van der Waals surface area contributed by atoms with Gasteiger partial charge in [0.15, 0.2) is 16.6 Å². The minimum Gasteiger partial charge on any atom is -0.457 e. The third kappa shape index (κ3) is 10.8. The van der Waals surface area contributed by atoms with Crippen molar-refractivity contribution in [2.45, 2.75) is 169 Å². The van der Waals surface area contributed by atoms with Crippen LogP contribution in [0, 0.1) is 24.2 Å². The van der Waals surface area contributed by atoms with E-state index in [1.165, 1.54) is 5.57 Å². The van der Waals surface area contributed by atoms with Crippen LogP contribution in [0.3, 0.4) is 0 Å². The average Bonchev–Trinajstić information content (AvgIpc) is 3.37. The molecule has 286 valence electrons. The molecule has 51 heavy (non-hydrogen) atoms. The zero-order valence-corrected chi connectivity index (χ0v) is 37.4. The molecule has 9 heteroatoms. The highest BCUT2D eigenvalue weighted by Gasteiger charge is 2.51. The Labute approximate surface area is 316 Å². The van der Waals surface area contributed by atoms with Crippen LogP contribution in [0.25, 0.3) is 10.2 Å². The molecule has 1 aromatic heterocycles. The second-order valence-electron chi connectivity index (χ2n) is 18.7. The van der Waals surface area contributed by atoms with Crippen molar-refractivity contribution in [1.82, 2.24) is 4.98 Å². The van der Waals surface area contributed by atoms with Gasteiger partial charge >= 0.3 is 5.97 Å². The van der Waals surface area contributed by atoms with E-state index in [-0.39, 0.29) is 40.3 Å². The molecule has 2 heterocycles. The molecule has 0 aliphatic carbocycles. The Morgan fingerprint density at radius 1 is 1.02 bits per heavy atom. The normalized spacial score (nSPS) is 25.4. The summed E-state index contributed by atoms with van der Waals surface area (Å²) < 4.78 is 21.9. The first-order chi connectivity index (χ1) is 23.3. The lowest BCUT2D eigenvalue weighted by Crippen LogP contribution is -2.55. The van der Waals surface area contributed by atoms with Crippen molar-refractivity contribution in [2.24, 2.45) is 17.3 Å². The number of allylic oxidation sites excluding steroid dienone is 2. The minimum absolute atomic E-state index is 0.0181. The van der Waals surface area contributed by atoms with Gasteiger partial charge in [-0.3, -0.25) is 9.59 Å². The van der Waals surface area contributed by atoms with Gasteiger partial charge in [-0.15, -0.1) is 17.9 Å². The number of carbonyl (C=O) groups is 2. The van der Waals surface area contributed by atoms with E-state index in [1.54, 1.807) is 11.3 Å². The van der Waals surface area contributed by atoms with Crippen molar-refractivity contribution in [2.75, 3.05) is 0 Å². The topological polar surface area (TPSA) is 74.7 Å². The number of thiazole rings is 1. The number of benzene rings is 1. The minimum atomic E-state index is -2.44. The van der Waals surface area contributed by atoms with Crippen LogP contribution < -0.4 is 0 Å². The molecular weight excluding hydrogens is 687 g/mol. The molecule has 0 spiro atoms. The molecule has 0 bridgehead atoms. The lowest BCUT2D eigenvalue weighted by Gasteiger charge is -2.47. The molecule has 5 atom stereocenters. The number of aryl methyl sites for hydroxylation is 1. The van der Waals surface area contributed by atoms with Crippen LogP contribution in [0.5, 0.6) is 0 Å². The molecule has 0 N–H and O–H groups in total. The molecule has 1 aromatic carbocycles. The molecule has 0 unspecified atom stereocenters. The number of aromatic nitrogens is 1. The van der Waals surface area contributed by atoms with Gasteiger partial charge in [0.2, 0.25) is 0 Å².